The molecule has 0 bridgehead atoms. The predicted molar refractivity (Wildman–Crippen MR) is 164 cm³/mol. The molecule has 1 aliphatic heterocycles. The molecule has 46 heavy (non-hydrogen) atoms. The van der Waals surface area contributed by atoms with Crippen molar-refractivity contribution in [2.75, 3.05) is 32.0 Å². The maximum atomic E-state index is 13.4. The Bertz CT molecular complexity index is 1790. The monoisotopic (exact) mass is 651 g/mol. The summed E-state index contributed by atoms with van der Waals surface area (Å²) in [7, 11) is 2.09. The number of nitrogens with one attached hydrogen (secondary N) is 1. The molecule has 6 rings (SSSR count). The number of benzene rings is 1. The number of aromatic nitrogens is 5. The van der Waals surface area contributed by atoms with Crippen LogP contribution in [0.5, 0.6) is 5.75 Å². The van der Waals surface area contributed by atoms with Crippen molar-refractivity contribution in [3.05, 3.63) is 59.6 Å². The Morgan fingerprint density at radius 1 is 1.28 bits per heavy atom. The first kappa shape index (κ1) is 31.4. The lowest BCUT2D eigenvalue weighted by atomic mass is 9.98. The highest BCUT2D eigenvalue weighted by Gasteiger charge is 2.44. The van der Waals surface area contributed by atoms with Gasteiger partial charge in [0, 0.05) is 61.3 Å². The van der Waals surface area contributed by atoms with Crippen molar-refractivity contribution < 1.29 is 23.1 Å². The lowest BCUT2D eigenvalue weighted by Crippen LogP contribution is -2.47. The summed E-state index contributed by atoms with van der Waals surface area (Å²) in [6.45, 7) is -1.23. The Hall–Kier alpha value is -4.61. The molecule has 240 valence electrons. The minimum Gasteiger partial charge on any atom is -0.434 e. The first-order chi connectivity index (χ1) is 22.1. The average molecular weight is 652 g/mol. The van der Waals surface area contributed by atoms with Crippen molar-refractivity contribution in [2.24, 2.45) is 5.41 Å². The molecule has 2 amide bonds. The van der Waals surface area contributed by atoms with E-state index in [1.807, 2.05) is 0 Å². The molecular formula is C31H32ClF2N9O3. The fourth-order valence-corrected chi connectivity index (χ4v) is 6.22. The lowest BCUT2D eigenvalue weighted by Gasteiger charge is -2.38. The zero-order valence-electron chi connectivity index (χ0n) is 25.1. The maximum absolute atomic E-state index is 13.4. The Morgan fingerprint density at radius 2 is 2.07 bits per heavy atom. The van der Waals surface area contributed by atoms with Gasteiger partial charge in [-0.15, -0.1) is 0 Å². The van der Waals surface area contributed by atoms with Gasteiger partial charge in [-0.2, -0.15) is 24.2 Å². The van der Waals surface area contributed by atoms with Crippen molar-refractivity contribution in [1.29, 1.82) is 5.26 Å². The van der Waals surface area contributed by atoms with Crippen molar-refractivity contribution in [2.45, 2.75) is 51.3 Å². The van der Waals surface area contributed by atoms with Crippen molar-refractivity contribution >= 4 is 34.7 Å². The molecule has 4 heterocycles. The third-order valence-electron chi connectivity index (χ3n) is 8.68. The summed E-state index contributed by atoms with van der Waals surface area (Å²) in [4.78, 5) is 35.1. The number of ether oxygens (including phenoxy) is 1. The molecule has 0 spiro atoms. The van der Waals surface area contributed by atoms with E-state index in [-0.39, 0.29) is 51.1 Å². The number of amides is 2. The highest BCUT2D eigenvalue weighted by Crippen LogP contribution is 2.49. The quantitative estimate of drug-likeness (QED) is 0.246. The fourth-order valence-electron chi connectivity index (χ4n) is 6.04. The van der Waals surface area contributed by atoms with E-state index in [1.165, 1.54) is 46.0 Å². The van der Waals surface area contributed by atoms with Gasteiger partial charge in [0.05, 0.1) is 18.0 Å². The number of nitrogens with zero attached hydrogens (tertiary/aromatic N) is 8. The number of hydrogen-bond donors (Lipinski definition) is 1. The zero-order valence-corrected chi connectivity index (χ0v) is 25.8. The van der Waals surface area contributed by atoms with Crippen LogP contribution >= 0.6 is 11.6 Å². The number of nitriles is 1. The van der Waals surface area contributed by atoms with Gasteiger partial charge in [0.25, 0.3) is 5.91 Å². The summed E-state index contributed by atoms with van der Waals surface area (Å²) in [5, 5.41) is 20.8. The number of carbonyl (C=O) groups excluding carboxylic acids is 2. The minimum absolute atomic E-state index is 0.0930. The van der Waals surface area contributed by atoms with Crippen LogP contribution in [-0.2, 0) is 11.3 Å². The number of anilines is 1. The molecule has 2 aliphatic rings. The Kier molecular flexibility index (Phi) is 8.88. The molecule has 3 aromatic heterocycles. The van der Waals surface area contributed by atoms with Crippen LogP contribution in [0.25, 0.3) is 16.9 Å². The molecule has 15 heteroatoms. The van der Waals surface area contributed by atoms with Crippen LogP contribution in [0.1, 0.15) is 42.5 Å². The molecule has 1 aliphatic carbocycles. The maximum Gasteiger partial charge on any atom is 0.387 e. The second-order valence-corrected chi connectivity index (χ2v) is 12.3. The van der Waals surface area contributed by atoms with Crippen LogP contribution in [0.2, 0.25) is 5.02 Å². The number of likely N-dealkylation sites (tertiary alicyclic amines) is 1. The van der Waals surface area contributed by atoms with Crippen molar-refractivity contribution in [3.63, 3.8) is 0 Å². The number of fused-ring (bicyclic) bond motifs is 1. The third kappa shape index (κ3) is 6.80. The number of halogens is 3. The minimum atomic E-state index is -3.12. The summed E-state index contributed by atoms with van der Waals surface area (Å²) in [5.41, 5.74) is 0.975. The van der Waals surface area contributed by atoms with E-state index in [4.69, 9.17) is 21.6 Å². The van der Waals surface area contributed by atoms with Crippen molar-refractivity contribution in [3.8, 4) is 23.1 Å². The van der Waals surface area contributed by atoms with E-state index in [9.17, 15) is 18.4 Å². The average Bonchev–Trinajstić information content (AvgIpc) is 3.46. The molecule has 2 fully saturated rings. The summed E-state index contributed by atoms with van der Waals surface area (Å²) in [6, 6.07) is 8.41. The van der Waals surface area contributed by atoms with E-state index in [2.05, 4.69) is 38.5 Å². The Morgan fingerprint density at radius 3 is 2.78 bits per heavy atom. The molecule has 1 saturated carbocycles. The predicted octanol–water partition coefficient (Wildman–Crippen LogP) is 4.72. The van der Waals surface area contributed by atoms with Gasteiger partial charge < -0.3 is 19.9 Å². The standard InChI is InChI=1S/C31H32ClF2N9O3/c1-40(19-31(7-8-31)9-10-35)21-5-13-41(14-6-21)26(44)18-42-17-24(38-29(45)23-16-37-43-12-2-11-36-28(23)43)27(39-42)22-15-20(32)3-4-25(22)46-30(33)34/h2-4,11-12,15-17,21,30H,5-9,13-14,18-19H2,1H3,(H,38,45). The first-order valence-corrected chi connectivity index (χ1v) is 15.3. The molecule has 1 aromatic carbocycles. The first-order valence-electron chi connectivity index (χ1n) is 14.9. The lowest BCUT2D eigenvalue weighted by molar-refractivity contribution is -0.133. The van der Waals surface area contributed by atoms with Gasteiger partial charge in [0.1, 0.15) is 23.6 Å². The Labute approximate surface area is 268 Å². The number of rotatable bonds is 11. The normalized spacial score (nSPS) is 16.2. The van der Waals surface area contributed by atoms with Gasteiger partial charge in [-0.05, 0) is 62.4 Å². The van der Waals surface area contributed by atoms with Gasteiger partial charge in [-0.1, -0.05) is 11.6 Å². The fraction of sp³-hybridized carbons (Fsp3) is 0.419. The van der Waals surface area contributed by atoms with E-state index in [0.29, 0.717) is 31.2 Å². The second-order valence-electron chi connectivity index (χ2n) is 11.9. The van der Waals surface area contributed by atoms with E-state index in [0.717, 1.165) is 32.2 Å². The SMILES string of the molecule is CN(CC1(CC#N)CC1)C1CCN(C(=O)Cn2cc(NC(=O)c3cnn4cccnc34)c(-c3cc(Cl)ccc3OC(F)F)n2)CC1. The van der Waals surface area contributed by atoms with E-state index in [1.54, 1.807) is 17.2 Å². The molecule has 0 atom stereocenters. The molecular weight excluding hydrogens is 620 g/mol. The third-order valence-corrected chi connectivity index (χ3v) is 8.92. The topological polar surface area (TPSA) is 134 Å². The van der Waals surface area contributed by atoms with Gasteiger partial charge in [-0.3, -0.25) is 14.3 Å². The Balaban J connectivity index is 1.21. The van der Waals surface area contributed by atoms with Crippen LogP contribution in [0, 0.1) is 16.7 Å². The van der Waals surface area contributed by atoms with Crippen molar-refractivity contribution in [1.82, 2.24) is 34.2 Å². The highest BCUT2D eigenvalue weighted by atomic mass is 35.5. The van der Waals surface area contributed by atoms with Gasteiger partial charge in [0.2, 0.25) is 5.91 Å². The van der Waals surface area contributed by atoms with Gasteiger partial charge in [-0.25, -0.2) is 9.50 Å². The largest absolute Gasteiger partial charge is 0.434 e. The van der Waals surface area contributed by atoms with Gasteiger partial charge in [0.15, 0.2) is 5.65 Å². The molecule has 0 unspecified atom stereocenters. The summed E-state index contributed by atoms with van der Waals surface area (Å²) in [6.07, 6.45) is 10.4. The summed E-state index contributed by atoms with van der Waals surface area (Å²) in [5.74, 6) is -0.927. The van der Waals surface area contributed by atoms with Crippen LogP contribution < -0.4 is 10.1 Å². The second kappa shape index (κ2) is 13.0. The van der Waals surface area contributed by atoms with Gasteiger partial charge >= 0.3 is 6.61 Å². The number of carbonyl (C=O) groups is 2. The summed E-state index contributed by atoms with van der Waals surface area (Å²) >= 11 is 6.23. The zero-order chi connectivity index (χ0) is 32.4. The van der Waals surface area contributed by atoms with Crippen LogP contribution in [0.4, 0.5) is 14.5 Å². The van der Waals surface area contributed by atoms with E-state index >= 15 is 0 Å². The van der Waals surface area contributed by atoms with Crippen LogP contribution in [0.15, 0.2) is 49.1 Å². The molecule has 4 aromatic rings. The molecule has 1 N–H and O–H groups in total. The highest BCUT2D eigenvalue weighted by molar-refractivity contribution is 6.31. The molecule has 12 nitrogen and oxygen atoms in total. The van der Waals surface area contributed by atoms with E-state index < -0.39 is 12.5 Å². The van der Waals surface area contributed by atoms with Crippen LogP contribution in [0.3, 0.4) is 0 Å². The number of hydrogen-bond acceptors (Lipinski definition) is 8. The molecule has 1 saturated heterocycles. The smallest absolute Gasteiger partial charge is 0.387 e. The summed E-state index contributed by atoms with van der Waals surface area (Å²) < 4.78 is 34.2. The number of piperidine rings is 1. The van der Waals surface area contributed by atoms with Crippen LogP contribution in [-0.4, -0.2) is 85.3 Å². The number of alkyl halides is 2. The molecule has 0 radical (unpaired) electrons.